The van der Waals surface area contributed by atoms with Crippen LogP contribution in [-0.2, 0) is 0 Å². The molecule has 0 radical (unpaired) electrons. The fourth-order valence-corrected chi connectivity index (χ4v) is 2.97. The molecule has 0 aliphatic heterocycles. The molecule has 1 heterocycles. The van der Waals surface area contributed by atoms with Crippen LogP contribution in [0.4, 0.5) is 5.69 Å². The Morgan fingerprint density at radius 2 is 1.62 bits per heavy atom. The third-order valence-electron chi connectivity index (χ3n) is 3.23. The number of hydrogen-bond donors (Lipinski definition) is 0. The molecule has 0 bridgehead atoms. The molecule has 3 rings (SSSR count). The van der Waals surface area contributed by atoms with Gasteiger partial charge in [-0.2, -0.15) is 0 Å². The zero-order valence-corrected chi connectivity index (χ0v) is 13.2. The number of aromatic nitrogens is 1. The highest BCUT2D eigenvalue weighted by Gasteiger charge is 2.00. The zero-order chi connectivity index (χ0) is 14.8. The van der Waals surface area contributed by atoms with E-state index < -0.39 is 0 Å². The summed E-state index contributed by atoms with van der Waals surface area (Å²) in [6.45, 7) is 2.03. The number of nitrogens with zero attached hydrogens (tertiary/aromatic N) is 2. The highest BCUT2D eigenvalue weighted by atomic mass is 32.1. The Labute approximate surface area is 129 Å². The number of rotatable bonds is 1. The lowest BCUT2D eigenvalue weighted by Crippen LogP contribution is -2.07. The van der Waals surface area contributed by atoms with Crippen molar-refractivity contribution in [2.75, 3.05) is 19.0 Å². The molecule has 104 valence electrons. The summed E-state index contributed by atoms with van der Waals surface area (Å²) in [5.74, 6) is 6.44. The van der Waals surface area contributed by atoms with Gasteiger partial charge in [0, 0.05) is 30.9 Å². The topological polar surface area (TPSA) is 16.1 Å². The summed E-state index contributed by atoms with van der Waals surface area (Å²) in [5.41, 5.74) is 4.30. The van der Waals surface area contributed by atoms with Gasteiger partial charge in [0.05, 0.1) is 15.2 Å². The first kappa shape index (κ1) is 13.7. The lowest BCUT2D eigenvalue weighted by molar-refractivity contribution is 1.13. The summed E-state index contributed by atoms with van der Waals surface area (Å²) in [6, 6.07) is 14.5. The van der Waals surface area contributed by atoms with Crippen LogP contribution in [0.1, 0.15) is 16.1 Å². The molecule has 3 aromatic rings. The molecule has 0 aliphatic rings. The van der Waals surface area contributed by atoms with Crippen LogP contribution in [0.15, 0.2) is 42.5 Å². The van der Waals surface area contributed by atoms with Gasteiger partial charge in [-0.25, -0.2) is 4.98 Å². The van der Waals surface area contributed by atoms with E-state index in [4.69, 9.17) is 0 Å². The van der Waals surface area contributed by atoms with Crippen molar-refractivity contribution in [2.45, 2.75) is 6.92 Å². The number of anilines is 1. The van der Waals surface area contributed by atoms with Crippen LogP contribution in [0.25, 0.3) is 10.2 Å². The number of aryl methyl sites for hydroxylation is 1. The van der Waals surface area contributed by atoms with Gasteiger partial charge in [0.25, 0.3) is 0 Å². The lowest BCUT2D eigenvalue weighted by atomic mass is 10.1. The summed E-state index contributed by atoms with van der Waals surface area (Å²) < 4.78 is 1.20. The second kappa shape index (κ2) is 5.59. The van der Waals surface area contributed by atoms with Crippen molar-refractivity contribution in [3.05, 3.63) is 58.6 Å². The van der Waals surface area contributed by atoms with Crippen LogP contribution in [0.3, 0.4) is 0 Å². The van der Waals surface area contributed by atoms with Gasteiger partial charge in [-0.15, -0.1) is 11.3 Å². The van der Waals surface area contributed by atoms with Gasteiger partial charge in [0.1, 0.15) is 0 Å². The lowest BCUT2D eigenvalue weighted by Gasteiger charge is -2.11. The second-order valence-corrected chi connectivity index (χ2v) is 6.34. The molecule has 0 amide bonds. The van der Waals surface area contributed by atoms with Crippen LogP contribution in [-0.4, -0.2) is 19.1 Å². The first-order chi connectivity index (χ1) is 10.1. The number of hydrogen-bond acceptors (Lipinski definition) is 3. The maximum absolute atomic E-state index is 4.46. The SMILES string of the molecule is Cc1nc2ccc(C#Cc3ccc(N(C)C)cc3)cc2s1. The van der Waals surface area contributed by atoms with E-state index in [9.17, 15) is 0 Å². The van der Waals surface area contributed by atoms with Crippen LogP contribution < -0.4 is 4.90 Å². The van der Waals surface area contributed by atoms with E-state index in [1.807, 2.05) is 33.2 Å². The van der Waals surface area contributed by atoms with Crippen LogP contribution in [0.5, 0.6) is 0 Å². The summed E-state index contributed by atoms with van der Waals surface area (Å²) in [4.78, 5) is 6.55. The van der Waals surface area contributed by atoms with Crippen molar-refractivity contribution in [3.63, 3.8) is 0 Å². The van der Waals surface area contributed by atoms with Gasteiger partial charge < -0.3 is 4.90 Å². The quantitative estimate of drug-likeness (QED) is 0.629. The predicted molar refractivity (Wildman–Crippen MR) is 91.1 cm³/mol. The Hall–Kier alpha value is -2.31. The molecule has 0 N–H and O–H groups in total. The molecule has 0 saturated heterocycles. The molecule has 3 heteroatoms. The smallest absolute Gasteiger partial charge is 0.0907 e. The van der Waals surface area contributed by atoms with E-state index >= 15 is 0 Å². The highest BCUT2D eigenvalue weighted by Crippen LogP contribution is 2.22. The van der Waals surface area contributed by atoms with Gasteiger partial charge in [-0.05, 0) is 49.4 Å². The second-order valence-electron chi connectivity index (χ2n) is 5.11. The number of benzene rings is 2. The summed E-state index contributed by atoms with van der Waals surface area (Å²) >= 11 is 1.71. The van der Waals surface area contributed by atoms with Crippen molar-refractivity contribution in [3.8, 4) is 11.8 Å². The van der Waals surface area contributed by atoms with Gasteiger partial charge in [-0.3, -0.25) is 0 Å². The van der Waals surface area contributed by atoms with Crippen LogP contribution >= 0.6 is 11.3 Å². The molecule has 0 aliphatic carbocycles. The minimum absolute atomic E-state index is 1.03. The van der Waals surface area contributed by atoms with E-state index in [1.54, 1.807) is 11.3 Å². The number of fused-ring (bicyclic) bond motifs is 1. The maximum Gasteiger partial charge on any atom is 0.0907 e. The van der Waals surface area contributed by atoms with Crippen molar-refractivity contribution >= 4 is 27.2 Å². The molecule has 1 aromatic heterocycles. The third kappa shape index (κ3) is 3.07. The Morgan fingerprint density at radius 3 is 2.33 bits per heavy atom. The fourth-order valence-electron chi connectivity index (χ4n) is 2.10. The summed E-state index contributed by atoms with van der Waals surface area (Å²) in [5, 5.41) is 1.09. The molecule has 0 atom stereocenters. The molecule has 0 fully saturated rings. The standard InChI is InChI=1S/C18H16N2S/c1-13-19-17-11-8-15(12-18(17)21-13)5-4-14-6-9-16(10-7-14)20(2)3/h6-12H,1-3H3. The van der Waals surface area contributed by atoms with Crippen molar-refractivity contribution < 1.29 is 0 Å². The molecule has 2 aromatic carbocycles. The molecular formula is C18H16N2S. The molecule has 0 spiro atoms. The van der Waals surface area contributed by atoms with E-state index in [0.29, 0.717) is 0 Å². The van der Waals surface area contributed by atoms with Gasteiger partial charge in [-0.1, -0.05) is 11.8 Å². The molecule has 2 nitrogen and oxygen atoms in total. The highest BCUT2D eigenvalue weighted by molar-refractivity contribution is 7.18. The molecule has 0 saturated carbocycles. The molecule has 21 heavy (non-hydrogen) atoms. The predicted octanol–water partition coefficient (Wildman–Crippen LogP) is 4.07. The monoisotopic (exact) mass is 292 g/mol. The van der Waals surface area contributed by atoms with Crippen molar-refractivity contribution in [2.24, 2.45) is 0 Å². The van der Waals surface area contributed by atoms with E-state index in [1.165, 1.54) is 10.4 Å². The Morgan fingerprint density at radius 1 is 0.952 bits per heavy atom. The summed E-state index contributed by atoms with van der Waals surface area (Å²) in [6.07, 6.45) is 0. The Bertz CT molecular complexity index is 833. The maximum atomic E-state index is 4.46. The first-order valence-electron chi connectivity index (χ1n) is 6.78. The summed E-state index contributed by atoms with van der Waals surface area (Å²) in [7, 11) is 4.07. The average Bonchev–Trinajstić information content (AvgIpc) is 2.84. The molecule has 0 unspecified atom stereocenters. The van der Waals surface area contributed by atoms with Gasteiger partial charge >= 0.3 is 0 Å². The number of thiazole rings is 1. The minimum atomic E-state index is 1.03. The van der Waals surface area contributed by atoms with Crippen LogP contribution in [0, 0.1) is 18.8 Å². The molecular weight excluding hydrogens is 276 g/mol. The van der Waals surface area contributed by atoms with E-state index in [2.05, 4.69) is 52.1 Å². The van der Waals surface area contributed by atoms with Gasteiger partial charge in [0.2, 0.25) is 0 Å². The van der Waals surface area contributed by atoms with E-state index in [0.717, 1.165) is 21.7 Å². The van der Waals surface area contributed by atoms with Crippen LogP contribution in [0.2, 0.25) is 0 Å². The third-order valence-corrected chi connectivity index (χ3v) is 4.16. The first-order valence-corrected chi connectivity index (χ1v) is 7.60. The average molecular weight is 292 g/mol. The minimum Gasteiger partial charge on any atom is -0.378 e. The fraction of sp³-hybridized carbons (Fsp3) is 0.167. The zero-order valence-electron chi connectivity index (χ0n) is 12.3. The normalized spacial score (nSPS) is 10.2. The van der Waals surface area contributed by atoms with Crippen molar-refractivity contribution in [1.29, 1.82) is 0 Å². The van der Waals surface area contributed by atoms with E-state index in [-0.39, 0.29) is 0 Å². The van der Waals surface area contributed by atoms with Gasteiger partial charge in [0.15, 0.2) is 0 Å². The van der Waals surface area contributed by atoms with Crippen molar-refractivity contribution in [1.82, 2.24) is 4.98 Å². The Balaban J connectivity index is 1.87. The Kier molecular flexibility index (Phi) is 3.64. The largest absolute Gasteiger partial charge is 0.378 e.